The zero-order valence-electron chi connectivity index (χ0n) is 9.46. The van der Waals surface area contributed by atoms with Crippen LogP contribution in [-0.2, 0) is 0 Å². The molecule has 1 aromatic carbocycles. The van der Waals surface area contributed by atoms with Gasteiger partial charge in [-0.2, -0.15) is 0 Å². The predicted molar refractivity (Wildman–Crippen MR) is 65.3 cm³/mol. The topological polar surface area (TPSA) is 66.7 Å². The van der Waals surface area contributed by atoms with Crippen molar-refractivity contribution in [3.8, 4) is 0 Å². The van der Waals surface area contributed by atoms with E-state index in [0.717, 1.165) is 18.4 Å². The van der Waals surface area contributed by atoms with Crippen LogP contribution < -0.4 is 11.1 Å². The average molecular weight is 234 g/mol. The Hall–Kier alpha value is -1.62. The van der Waals surface area contributed by atoms with Gasteiger partial charge in [0.2, 0.25) is 5.95 Å². The summed E-state index contributed by atoms with van der Waals surface area (Å²) in [6, 6.07) is 4.51. The minimum absolute atomic E-state index is 0.0930. The van der Waals surface area contributed by atoms with Gasteiger partial charge in [-0.1, -0.05) is 0 Å². The lowest BCUT2D eigenvalue weighted by Gasteiger charge is -2.38. The Morgan fingerprint density at radius 3 is 3.00 bits per heavy atom. The van der Waals surface area contributed by atoms with E-state index in [-0.39, 0.29) is 11.4 Å². The van der Waals surface area contributed by atoms with E-state index >= 15 is 0 Å². The van der Waals surface area contributed by atoms with Crippen molar-refractivity contribution in [2.75, 3.05) is 11.9 Å². The molecule has 1 heterocycles. The second kappa shape index (κ2) is 3.70. The highest BCUT2D eigenvalue weighted by atomic mass is 19.1. The highest BCUT2D eigenvalue weighted by Crippen LogP contribution is 2.29. The largest absolute Gasteiger partial charge is 0.354 e. The number of anilines is 1. The van der Waals surface area contributed by atoms with Crippen molar-refractivity contribution in [1.82, 2.24) is 9.97 Å². The summed E-state index contributed by atoms with van der Waals surface area (Å²) >= 11 is 0. The summed E-state index contributed by atoms with van der Waals surface area (Å²) in [5.41, 5.74) is 7.47. The maximum absolute atomic E-state index is 13.0. The first kappa shape index (κ1) is 10.5. The Labute approximate surface area is 98.4 Å². The second-order valence-corrected chi connectivity index (χ2v) is 4.82. The fraction of sp³-hybridized carbons (Fsp3) is 0.417. The molecule has 4 nitrogen and oxygen atoms in total. The highest BCUT2D eigenvalue weighted by molar-refractivity contribution is 5.77. The van der Waals surface area contributed by atoms with E-state index in [1.807, 2.05) is 0 Å². The number of nitrogens with one attached hydrogen (secondary N) is 2. The standard InChI is InChI=1S/C12H15FN4/c13-8-2-3-9-10(6-8)17-11(16-9)15-7-12(14)4-1-5-12/h2-3,6H,1,4-5,7,14H2,(H2,15,16,17). The van der Waals surface area contributed by atoms with Crippen molar-refractivity contribution >= 4 is 17.0 Å². The van der Waals surface area contributed by atoms with Crippen LogP contribution in [0.25, 0.3) is 11.0 Å². The molecule has 0 saturated heterocycles. The molecule has 90 valence electrons. The van der Waals surface area contributed by atoms with Crippen LogP contribution in [0.4, 0.5) is 10.3 Å². The molecule has 1 aromatic heterocycles. The van der Waals surface area contributed by atoms with Gasteiger partial charge in [0, 0.05) is 12.1 Å². The molecule has 0 aliphatic heterocycles. The van der Waals surface area contributed by atoms with Crippen molar-refractivity contribution in [1.29, 1.82) is 0 Å². The fourth-order valence-electron chi connectivity index (χ4n) is 2.13. The van der Waals surface area contributed by atoms with Crippen molar-refractivity contribution in [2.45, 2.75) is 24.8 Å². The molecule has 3 rings (SSSR count). The van der Waals surface area contributed by atoms with Crippen LogP contribution in [-0.4, -0.2) is 22.1 Å². The monoisotopic (exact) mass is 234 g/mol. The van der Waals surface area contributed by atoms with Crippen molar-refractivity contribution in [3.05, 3.63) is 24.0 Å². The Morgan fingerprint density at radius 2 is 2.29 bits per heavy atom. The van der Waals surface area contributed by atoms with E-state index in [9.17, 15) is 4.39 Å². The molecule has 0 spiro atoms. The molecule has 2 aromatic rings. The van der Waals surface area contributed by atoms with Crippen LogP contribution in [0.15, 0.2) is 18.2 Å². The lowest BCUT2D eigenvalue weighted by atomic mass is 9.78. The predicted octanol–water partition coefficient (Wildman–Crippen LogP) is 2.00. The molecule has 1 saturated carbocycles. The number of nitrogens with two attached hydrogens (primary N) is 1. The van der Waals surface area contributed by atoms with Gasteiger partial charge in [-0.15, -0.1) is 0 Å². The van der Waals surface area contributed by atoms with Crippen LogP contribution in [0.2, 0.25) is 0 Å². The Bertz CT molecular complexity index is 544. The normalized spacial score (nSPS) is 18.0. The van der Waals surface area contributed by atoms with Gasteiger partial charge in [0.05, 0.1) is 11.0 Å². The first-order chi connectivity index (χ1) is 8.15. The molecule has 0 atom stereocenters. The summed E-state index contributed by atoms with van der Waals surface area (Å²) in [5.74, 6) is 0.393. The van der Waals surface area contributed by atoms with Crippen molar-refractivity contribution in [2.24, 2.45) is 5.73 Å². The minimum atomic E-state index is -0.262. The quantitative estimate of drug-likeness (QED) is 0.761. The average Bonchev–Trinajstić information content (AvgIpc) is 2.65. The number of hydrogen-bond acceptors (Lipinski definition) is 3. The summed E-state index contributed by atoms with van der Waals surface area (Å²) in [6.45, 7) is 0.704. The number of hydrogen-bond donors (Lipinski definition) is 3. The summed E-state index contributed by atoms with van der Waals surface area (Å²) in [5, 5.41) is 3.18. The van der Waals surface area contributed by atoms with Crippen LogP contribution in [0.5, 0.6) is 0 Å². The third kappa shape index (κ3) is 1.98. The highest BCUT2D eigenvalue weighted by Gasteiger charge is 2.32. The van der Waals surface area contributed by atoms with Crippen LogP contribution >= 0.6 is 0 Å². The van der Waals surface area contributed by atoms with Gasteiger partial charge in [-0.3, -0.25) is 0 Å². The Balaban J connectivity index is 1.76. The van der Waals surface area contributed by atoms with E-state index in [4.69, 9.17) is 5.73 Å². The van der Waals surface area contributed by atoms with Gasteiger partial charge in [-0.25, -0.2) is 9.37 Å². The lowest BCUT2D eigenvalue weighted by molar-refractivity contribution is 0.265. The molecular formula is C12H15FN4. The van der Waals surface area contributed by atoms with Gasteiger partial charge in [-0.05, 0) is 37.5 Å². The third-order valence-corrected chi connectivity index (χ3v) is 3.40. The Kier molecular flexibility index (Phi) is 2.29. The second-order valence-electron chi connectivity index (χ2n) is 4.82. The maximum Gasteiger partial charge on any atom is 0.201 e. The smallest absolute Gasteiger partial charge is 0.201 e. The number of benzene rings is 1. The summed E-state index contributed by atoms with van der Waals surface area (Å²) in [7, 11) is 0. The van der Waals surface area contributed by atoms with Crippen LogP contribution in [0.3, 0.4) is 0 Å². The zero-order chi connectivity index (χ0) is 11.9. The molecule has 0 amide bonds. The summed E-state index contributed by atoms with van der Waals surface area (Å²) < 4.78 is 13.0. The molecule has 4 N–H and O–H groups in total. The van der Waals surface area contributed by atoms with E-state index in [0.29, 0.717) is 18.0 Å². The SMILES string of the molecule is NC1(CNc2nc3ccc(F)cc3[nH]2)CCC1. The number of nitrogens with zero attached hydrogens (tertiary/aromatic N) is 1. The molecule has 1 fully saturated rings. The summed E-state index contributed by atoms with van der Waals surface area (Å²) in [6.07, 6.45) is 3.30. The van der Waals surface area contributed by atoms with Gasteiger partial charge >= 0.3 is 0 Å². The lowest BCUT2D eigenvalue weighted by Crippen LogP contribution is -2.52. The van der Waals surface area contributed by atoms with E-state index in [1.54, 1.807) is 6.07 Å². The molecule has 0 unspecified atom stereocenters. The van der Waals surface area contributed by atoms with Gasteiger partial charge < -0.3 is 16.0 Å². The molecule has 1 aliphatic rings. The number of halogens is 1. The first-order valence-corrected chi connectivity index (χ1v) is 5.83. The molecule has 17 heavy (non-hydrogen) atoms. The number of H-pyrrole nitrogens is 1. The maximum atomic E-state index is 13.0. The van der Waals surface area contributed by atoms with Crippen molar-refractivity contribution < 1.29 is 4.39 Å². The van der Waals surface area contributed by atoms with E-state index < -0.39 is 0 Å². The van der Waals surface area contributed by atoms with Gasteiger partial charge in [0.15, 0.2) is 0 Å². The van der Waals surface area contributed by atoms with Gasteiger partial charge in [0.1, 0.15) is 5.82 Å². The minimum Gasteiger partial charge on any atom is -0.354 e. The number of imidazole rings is 1. The molecular weight excluding hydrogens is 219 g/mol. The van der Waals surface area contributed by atoms with Crippen molar-refractivity contribution in [3.63, 3.8) is 0 Å². The zero-order valence-corrected chi connectivity index (χ0v) is 9.46. The third-order valence-electron chi connectivity index (χ3n) is 3.40. The molecule has 5 heteroatoms. The van der Waals surface area contributed by atoms with Crippen LogP contribution in [0.1, 0.15) is 19.3 Å². The fourth-order valence-corrected chi connectivity index (χ4v) is 2.13. The number of rotatable bonds is 3. The van der Waals surface area contributed by atoms with Gasteiger partial charge in [0.25, 0.3) is 0 Å². The number of fused-ring (bicyclic) bond motifs is 1. The van der Waals surface area contributed by atoms with E-state index in [2.05, 4.69) is 15.3 Å². The number of aromatic amines is 1. The Morgan fingerprint density at radius 1 is 1.47 bits per heavy atom. The molecule has 0 bridgehead atoms. The first-order valence-electron chi connectivity index (χ1n) is 5.83. The molecule has 1 aliphatic carbocycles. The number of aromatic nitrogens is 2. The summed E-state index contributed by atoms with van der Waals surface area (Å²) in [4.78, 5) is 7.37. The van der Waals surface area contributed by atoms with Crippen LogP contribution in [0, 0.1) is 5.82 Å². The van der Waals surface area contributed by atoms with E-state index in [1.165, 1.54) is 18.6 Å². The molecule has 0 radical (unpaired) electrons.